The highest BCUT2D eigenvalue weighted by molar-refractivity contribution is 5.77. The molecule has 34 heavy (non-hydrogen) atoms. The van der Waals surface area contributed by atoms with E-state index in [1.54, 1.807) is 23.1 Å². The van der Waals surface area contributed by atoms with E-state index in [1.165, 1.54) is 12.1 Å². The van der Waals surface area contributed by atoms with Crippen molar-refractivity contribution in [2.24, 2.45) is 0 Å². The second-order valence-corrected chi connectivity index (χ2v) is 8.47. The largest absolute Gasteiger partial charge is 0.445 e. The molecule has 0 fully saturated rings. The summed E-state index contributed by atoms with van der Waals surface area (Å²) in [5, 5.41) is 4.57. The molecule has 0 saturated heterocycles. The number of alkyl halides is 3. The SMILES string of the molecule is Cc1cnc(C(C)(Cc2ccccc2)c2ccnc3c(-c4ccc(C(F)(F)F)cc4)cnn23)o1. The van der Waals surface area contributed by atoms with Crippen molar-refractivity contribution in [2.45, 2.75) is 31.9 Å². The second-order valence-electron chi connectivity index (χ2n) is 8.47. The van der Waals surface area contributed by atoms with Crippen molar-refractivity contribution in [3.63, 3.8) is 0 Å². The van der Waals surface area contributed by atoms with Crippen LogP contribution in [0.3, 0.4) is 0 Å². The van der Waals surface area contributed by atoms with Crippen LogP contribution in [-0.2, 0) is 18.0 Å². The number of hydrogen-bond acceptors (Lipinski definition) is 4. The standard InChI is InChI=1S/C26H21F3N4O/c1-17-15-31-24(34-17)25(2,14-18-6-4-3-5-7-18)22-12-13-30-23-21(16-32-33(22)23)19-8-10-20(11-9-19)26(27,28)29/h3-13,15-16H,14H2,1-2H3. The summed E-state index contributed by atoms with van der Waals surface area (Å²) in [6.07, 6.45) is 1.20. The van der Waals surface area contributed by atoms with Crippen molar-refractivity contribution < 1.29 is 17.6 Å². The van der Waals surface area contributed by atoms with Gasteiger partial charge < -0.3 is 4.42 Å². The van der Waals surface area contributed by atoms with Gasteiger partial charge in [-0.05, 0) is 49.6 Å². The number of nitrogens with zero attached hydrogens (tertiary/aromatic N) is 4. The first-order chi connectivity index (χ1) is 16.3. The van der Waals surface area contributed by atoms with Gasteiger partial charge in [0.05, 0.1) is 29.1 Å². The van der Waals surface area contributed by atoms with E-state index in [9.17, 15) is 13.2 Å². The van der Waals surface area contributed by atoms with Crippen LogP contribution in [0.15, 0.2) is 83.7 Å². The van der Waals surface area contributed by atoms with E-state index in [0.29, 0.717) is 34.8 Å². The highest BCUT2D eigenvalue weighted by atomic mass is 19.4. The summed E-state index contributed by atoms with van der Waals surface area (Å²) < 4.78 is 46.7. The number of benzene rings is 2. The lowest BCUT2D eigenvalue weighted by atomic mass is 9.80. The first-order valence-corrected chi connectivity index (χ1v) is 10.7. The van der Waals surface area contributed by atoms with Crippen LogP contribution in [-0.4, -0.2) is 19.6 Å². The number of fused-ring (bicyclic) bond motifs is 1. The maximum Gasteiger partial charge on any atom is 0.416 e. The molecule has 0 aliphatic heterocycles. The fourth-order valence-corrected chi connectivity index (χ4v) is 4.24. The third-order valence-corrected chi connectivity index (χ3v) is 5.98. The van der Waals surface area contributed by atoms with Gasteiger partial charge in [0.1, 0.15) is 5.76 Å². The van der Waals surface area contributed by atoms with Gasteiger partial charge in [0.2, 0.25) is 5.89 Å². The van der Waals surface area contributed by atoms with E-state index in [0.717, 1.165) is 23.4 Å². The lowest BCUT2D eigenvalue weighted by molar-refractivity contribution is -0.137. The summed E-state index contributed by atoms with van der Waals surface area (Å²) in [6, 6.07) is 16.9. The predicted octanol–water partition coefficient (Wildman–Crippen LogP) is 6.26. The van der Waals surface area contributed by atoms with Crippen molar-refractivity contribution in [1.29, 1.82) is 0 Å². The van der Waals surface area contributed by atoms with Crippen molar-refractivity contribution in [1.82, 2.24) is 19.6 Å². The summed E-state index contributed by atoms with van der Waals surface area (Å²) in [5.41, 5.74) is 2.31. The van der Waals surface area contributed by atoms with Gasteiger partial charge in [0, 0.05) is 11.8 Å². The van der Waals surface area contributed by atoms with Crippen molar-refractivity contribution >= 4 is 5.65 Å². The first kappa shape index (κ1) is 21.9. The molecule has 0 N–H and O–H groups in total. The van der Waals surface area contributed by atoms with E-state index >= 15 is 0 Å². The molecule has 1 unspecified atom stereocenters. The molecule has 0 saturated carbocycles. The maximum absolute atomic E-state index is 13.0. The minimum absolute atomic E-state index is 0.542. The number of halogens is 3. The summed E-state index contributed by atoms with van der Waals surface area (Å²) >= 11 is 0. The smallest absolute Gasteiger partial charge is 0.416 e. The summed E-state index contributed by atoms with van der Waals surface area (Å²) in [6.45, 7) is 3.89. The molecule has 0 aliphatic carbocycles. The molecular formula is C26H21F3N4O. The Kier molecular flexibility index (Phi) is 5.23. The number of aryl methyl sites for hydroxylation is 1. The molecular weight excluding hydrogens is 441 g/mol. The number of hydrogen-bond donors (Lipinski definition) is 0. The highest BCUT2D eigenvalue weighted by Gasteiger charge is 2.37. The molecule has 3 aromatic heterocycles. The Hall–Kier alpha value is -3.94. The molecule has 0 aliphatic rings. The molecule has 2 aromatic carbocycles. The van der Waals surface area contributed by atoms with Crippen LogP contribution < -0.4 is 0 Å². The molecule has 0 bridgehead atoms. The Balaban J connectivity index is 1.64. The molecule has 0 amide bonds. The minimum atomic E-state index is -4.39. The summed E-state index contributed by atoms with van der Waals surface area (Å²) in [7, 11) is 0. The van der Waals surface area contributed by atoms with E-state index in [-0.39, 0.29) is 0 Å². The van der Waals surface area contributed by atoms with Crippen LogP contribution in [0.5, 0.6) is 0 Å². The summed E-state index contributed by atoms with van der Waals surface area (Å²) in [4.78, 5) is 9.03. The third-order valence-electron chi connectivity index (χ3n) is 5.98. The summed E-state index contributed by atoms with van der Waals surface area (Å²) in [5.74, 6) is 1.25. The van der Waals surface area contributed by atoms with Crippen LogP contribution in [0.1, 0.15) is 35.4 Å². The zero-order valence-corrected chi connectivity index (χ0v) is 18.5. The van der Waals surface area contributed by atoms with Crippen molar-refractivity contribution in [2.75, 3.05) is 0 Å². The molecule has 172 valence electrons. The van der Waals surface area contributed by atoms with Crippen molar-refractivity contribution in [3.8, 4) is 11.1 Å². The van der Waals surface area contributed by atoms with Crippen LogP contribution in [0.2, 0.25) is 0 Å². The van der Waals surface area contributed by atoms with E-state index < -0.39 is 17.2 Å². The molecule has 0 spiro atoms. The van der Waals surface area contributed by atoms with Gasteiger partial charge in [-0.15, -0.1) is 0 Å². The molecule has 5 aromatic rings. The highest BCUT2D eigenvalue weighted by Crippen LogP contribution is 2.37. The zero-order chi connectivity index (χ0) is 23.9. The zero-order valence-electron chi connectivity index (χ0n) is 18.5. The normalized spacial score (nSPS) is 13.8. The third kappa shape index (κ3) is 3.85. The number of oxazole rings is 1. The van der Waals surface area contributed by atoms with Crippen LogP contribution in [0.4, 0.5) is 13.2 Å². The van der Waals surface area contributed by atoms with E-state index in [2.05, 4.69) is 15.1 Å². The first-order valence-electron chi connectivity index (χ1n) is 10.7. The van der Waals surface area contributed by atoms with Gasteiger partial charge >= 0.3 is 6.18 Å². The van der Waals surface area contributed by atoms with Crippen LogP contribution in [0, 0.1) is 6.92 Å². The average Bonchev–Trinajstić information content (AvgIpc) is 3.46. The maximum atomic E-state index is 13.0. The second kappa shape index (κ2) is 8.13. The Morgan fingerprint density at radius 1 is 0.912 bits per heavy atom. The van der Waals surface area contributed by atoms with Crippen LogP contribution >= 0.6 is 0 Å². The van der Waals surface area contributed by atoms with Gasteiger partial charge in [-0.3, -0.25) is 0 Å². The van der Waals surface area contributed by atoms with Gasteiger partial charge in [-0.25, -0.2) is 14.5 Å². The molecule has 5 rings (SSSR count). The van der Waals surface area contributed by atoms with E-state index in [4.69, 9.17) is 4.42 Å². The average molecular weight is 462 g/mol. The number of rotatable bonds is 5. The fraction of sp³-hybridized carbons (Fsp3) is 0.192. The Labute approximate surface area is 193 Å². The van der Waals surface area contributed by atoms with Gasteiger partial charge in [0.25, 0.3) is 0 Å². The lowest BCUT2D eigenvalue weighted by Crippen LogP contribution is -2.30. The van der Waals surface area contributed by atoms with Crippen LogP contribution in [0.25, 0.3) is 16.8 Å². The molecule has 3 heterocycles. The molecule has 8 heteroatoms. The Morgan fingerprint density at radius 3 is 2.29 bits per heavy atom. The van der Waals surface area contributed by atoms with E-state index in [1.807, 2.05) is 50.2 Å². The Bertz CT molecular complexity index is 1440. The lowest BCUT2D eigenvalue weighted by Gasteiger charge is -2.27. The van der Waals surface area contributed by atoms with Gasteiger partial charge in [0.15, 0.2) is 5.65 Å². The number of aromatic nitrogens is 4. The molecule has 5 nitrogen and oxygen atoms in total. The van der Waals surface area contributed by atoms with Gasteiger partial charge in [-0.2, -0.15) is 18.3 Å². The quantitative estimate of drug-likeness (QED) is 0.309. The molecule has 1 atom stereocenters. The predicted molar refractivity (Wildman–Crippen MR) is 121 cm³/mol. The monoisotopic (exact) mass is 462 g/mol. The van der Waals surface area contributed by atoms with Gasteiger partial charge in [-0.1, -0.05) is 42.5 Å². The Morgan fingerprint density at radius 2 is 1.65 bits per heavy atom. The topological polar surface area (TPSA) is 56.2 Å². The minimum Gasteiger partial charge on any atom is -0.445 e. The fourth-order valence-electron chi connectivity index (χ4n) is 4.24. The van der Waals surface area contributed by atoms with Crippen molar-refractivity contribution in [3.05, 3.63) is 108 Å². The molecule has 0 radical (unpaired) electrons.